The van der Waals surface area contributed by atoms with Crippen molar-refractivity contribution in [3.05, 3.63) is 4.91 Å². The van der Waals surface area contributed by atoms with Crippen LogP contribution >= 0.6 is 8.18 Å². The maximum Gasteiger partial charge on any atom is 0.381 e. The fourth-order valence-corrected chi connectivity index (χ4v) is 8.83. The summed E-state index contributed by atoms with van der Waals surface area (Å²) < 4.78 is 23.3. The fourth-order valence-electron chi connectivity index (χ4n) is 7.95. The lowest BCUT2D eigenvalue weighted by Crippen LogP contribution is -2.32. The van der Waals surface area contributed by atoms with Crippen LogP contribution in [0.3, 0.4) is 0 Å². The summed E-state index contributed by atoms with van der Waals surface area (Å²) >= 11 is 0. The zero-order valence-corrected chi connectivity index (χ0v) is 42.5. The first-order valence-electron chi connectivity index (χ1n) is 24.9. The van der Waals surface area contributed by atoms with Crippen molar-refractivity contribution >= 4 is 26.8 Å². The molecular formula is C49H98BN2O7P. The monoisotopic (exact) mass is 869 g/mol. The van der Waals surface area contributed by atoms with Crippen LogP contribution in [0.2, 0.25) is 6.82 Å². The van der Waals surface area contributed by atoms with Crippen LogP contribution < -0.4 is 5.32 Å². The number of nitroso groups, excluding NO2 is 1. The molecule has 8 unspecified atom stereocenters. The molecule has 8 atom stereocenters. The number of carbonyl (C=O) groups is 2. The zero-order valence-electron chi connectivity index (χ0n) is 41.6. The molecule has 0 saturated heterocycles. The second-order valence-electron chi connectivity index (χ2n) is 20.5. The zero-order chi connectivity index (χ0) is 45.3. The smallest absolute Gasteiger partial charge is 0.381 e. The molecule has 0 heterocycles. The Balaban J connectivity index is 4.90. The molecule has 0 aromatic rings. The molecule has 11 heteroatoms. The van der Waals surface area contributed by atoms with Crippen molar-refractivity contribution < 1.29 is 28.2 Å². The maximum atomic E-state index is 13.2. The molecule has 9 nitrogen and oxygen atoms in total. The Labute approximate surface area is 373 Å². The van der Waals surface area contributed by atoms with Gasteiger partial charge in [0.25, 0.3) is 0 Å². The highest BCUT2D eigenvalue weighted by molar-refractivity contribution is 7.84. The van der Waals surface area contributed by atoms with Crippen LogP contribution in [-0.4, -0.2) is 57.1 Å². The average Bonchev–Trinajstić information content (AvgIpc) is 3.15. The van der Waals surface area contributed by atoms with Crippen molar-refractivity contribution in [3.63, 3.8) is 0 Å². The van der Waals surface area contributed by atoms with Gasteiger partial charge in [-0.2, -0.15) is 0 Å². The molecule has 0 aliphatic rings. The first-order valence-corrected chi connectivity index (χ1v) is 26.1. The third kappa shape index (κ3) is 36.4. The van der Waals surface area contributed by atoms with E-state index in [0.29, 0.717) is 43.9 Å². The summed E-state index contributed by atoms with van der Waals surface area (Å²) in [6.07, 6.45) is 22.1. The highest BCUT2D eigenvalue weighted by atomic mass is 31.1. The van der Waals surface area contributed by atoms with E-state index in [-0.39, 0.29) is 37.0 Å². The van der Waals surface area contributed by atoms with Crippen LogP contribution in [0.15, 0.2) is 4.95 Å². The molecular weight excluding hydrogens is 770 g/mol. The summed E-state index contributed by atoms with van der Waals surface area (Å²) in [7, 11) is -1.74. The molecule has 0 amide bonds. The number of rotatable bonds is 41. The van der Waals surface area contributed by atoms with Crippen molar-refractivity contribution in [1.29, 1.82) is 0 Å². The molecule has 0 aliphatic carbocycles. The van der Waals surface area contributed by atoms with E-state index >= 15 is 0 Å². The minimum absolute atomic E-state index is 0.0193. The van der Waals surface area contributed by atoms with E-state index in [4.69, 9.17) is 18.7 Å². The molecule has 1 N–H and O–H groups in total. The van der Waals surface area contributed by atoms with E-state index in [9.17, 15) is 14.5 Å². The van der Waals surface area contributed by atoms with Gasteiger partial charge in [-0.1, -0.05) is 205 Å². The summed E-state index contributed by atoms with van der Waals surface area (Å²) in [6.45, 7) is 29.0. The number of carbonyl (C=O) groups excluding carboxylic acids is 2. The van der Waals surface area contributed by atoms with E-state index < -0.39 is 20.9 Å². The van der Waals surface area contributed by atoms with Crippen LogP contribution in [0.25, 0.3) is 0 Å². The number of hydrogen-bond acceptors (Lipinski definition) is 9. The van der Waals surface area contributed by atoms with Gasteiger partial charge in [-0.15, -0.1) is 4.91 Å². The Morgan fingerprint density at radius 2 is 0.933 bits per heavy atom. The number of hydrogen-bond donors (Lipinski definition) is 1. The Kier molecular flexibility index (Phi) is 36.6. The average molecular weight is 869 g/mol. The molecule has 0 saturated carbocycles. The van der Waals surface area contributed by atoms with Gasteiger partial charge in [-0.05, 0) is 52.3 Å². The van der Waals surface area contributed by atoms with E-state index in [1.807, 2.05) is 13.8 Å². The van der Waals surface area contributed by atoms with Gasteiger partial charge >= 0.3 is 18.6 Å². The lowest BCUT2D eigenvalue weighted by Gasteiger charge is -2.22. The van der Waals surface area contributed by atoms with Gasteiger partial charge in [0, 0.05) is 25.4 Å². The first-order chi connectivity index (χ1) is 28.4. The Hall–Kier alpha value is -1.09. The molecule has 0 bridgehead atoms. The minimum atomic E-state index is -1.74. The molecule has 0 aliphatic heterocycles. The predicted octanol–water partition coefficient (Wildman–Crippen LogP) is 14.6. The van der Waals surface area contributed by atoms with Gasteiger partial charge in [0.1, 0.15) is 6.61 Å². The van der Waals surface area contributed by atoms with E-state index in [1.165, 1.54) is 89.9 Å². The van der Waals surface area contributed by atoms with Crippen molar-refractivity contribution in [2.45, 2.75) is 230 Å². The maximum absolute atomic E-state index is 13.2. The van der Waals surface area contributed by atoms with Crippen molar-refractivity contribution in [3.8, 4) is 0 Å². The molecule has 0 aromatic heterocycles. The Bertz CT molecular complexity index is 1050. The number of nitrogens with one attached hydrogen (secondary N) is 1. The van der Waals surface area contributed by atoms with Gasteiger partial charge in [0.05, 0.1) is 13.2 Å². The Morgan fingerprint density at radius 1 is 0.550 bits per heavy atom. The van der Waals surface area contributed by atoms with Crippen LogP contribution in [0.1, 0.15) is 212 Å². The number of esters is 2. The van der Waals surface area contributed by atoms with Crippen LogP contribution in [-0.2, 0) is 28.2 Å². The second kappa shape index (κ2) is 37.3. The highest BCUT2D eigenvalue weighted by Crippen LogP contribution is 2.41. The fraction of sp³-hybridized carbons (Fsp3) is 0.959. The summed E-state index contributed by atoms with van der Waals surface area (Å²) in [5.74, 6) is 4.37. The standard InChI is InChI=1S/C49H98BN2O7P/c1-38(2)20-14-22-41(7)24-16-26-43(9)28-18-30-45(11)34-48(53)56-36-47(37-57-50(13)60(52-55)58-33-32-51-40(5)6)59-49(54)35-46(12)31-19-29-44(10)27-17-25-42(8)23-15-21-39(3)4/h38-47,51H,14-37H2,1-13H3. The lowest BCUT2D eigenvalue weighted by molar-refractivity contribution is -0.162. The van der Waals surface area contributed by atoms with Crippen molar-refractivity contribution in [1.82, 2.24) is 5.32 Å². The first kappa shape index (κ1) is 58.9. The predicted molar refractivity (Wildman–Crippen MR) is 257 cm³/mol. The van der Waals surface area contributed by atoms with Crippen molar-refractivity contribution in [2.24, 2.45) is 52.3 Å². The highest BCUT2D eigenvalue weighted by Gasteiger charge is 2.29. The summed E-state index contributed by atoms with van der Waals surface area (Å²) in [6, 6.07) is 0.305. The molecule has 354 valence electrons. The lowest BCUT2D eigenvalue weighted by atomic mass is 9.91. The van der Waals surface area contributed by atoms with E-state index in [1.54, 1.807) is 6.82 Å². The summed E-state index contributed by atoms with van der Waals surface area (Å²) in [4.78, 5) is 41.0. The van der Waals surface area contributed by atoms with Crippen LogP contribution in [0.4, 0.5) is 0 Å². The molecule has 0 rings (SSSR count). The van der Waals surface area contributed by atoms with Gasteiger partial charge < -0.3 is 24.0 Å². The third-order valence-corrected chi connectivity index (χ3v) is 13.5. The second-order valence-corrected chi connectivity index (χ2v) is 22.2. The topological polar surface area (TPSA) is 113 Å². The minimum Gasteiger partial charge on any atom is -0.462 e. The van der Waals surface area contributed by atoms with E-state index in [2.05, 4.69) is 79.5 Å². The van der Waals surface area contributed by atoms with Gasteiger partial charge in [0.15, 0.2) is 14.3 Å². The van der Waals surface area contributed by atoms with Crippen molar-refractivity contribution in [2.75, 3.05) is 26.4 Å². The number of ether oxygens (including phenoxy) is 2. The quantitative estimate of drug-likeness (QED) is 0.0213. The molecule has 60 heavy (non-hydrogen) atoms. The molecule has 0 fully saturated rings. The largest absolute Gasteiger partial charge is 0.462 e. The summed E-state index contributed by atoms with van der Waals surface area (Å²) in [5, 5.41) is 3.26. The van der Waals surface area contributed by atoms with Crippen LogP contribution in [0.5, 0.6) is 0 Å². The van der Waals surface area contributed by atoms with Gasteiger partial charge in [0.2, 0.25) is 0 Å². The van der Waals surface area contributed by atoms with E-state index in [0.717, 1.165) is 49.4 Å². The third-order valence-electron chi connectivity index (χ3n) is 12.1. The normalized spacial score (nSPS) is 16.0. The SMILES string of the molecule is CB(OCC(COC(=O)CC(C)CCCC(C)CCCC(C)CCCC(C)C)OC(=O)CC(C)CCCC(C)CCCC(C)CCCC(C)C)P(N=O)OCCNC(C)C. The molecule has 0 spiro atoms. The van der Waals surface area contributed by atoms with Crippen LogP contribution in [0, 0.1) is 52.3 Å². The molecule has 0 radical (unpaired) electrons. The Morgan fingerprint density at radius 3 is 1.32 bits per heavy atom. The van der Waals surface area contributed by atoms with Gasteiger partial charge in [-0.25, -0.2) is 0 Å². The number of nitrogens with zero attached hydrogens (tertiary/aromatic N) is 1. The summed E-state index contributed by atoms with van der Waals surface area (Å²) in [5.41, 5.74) is 0. The van der Waals surface area contributed by atoms with Gasteiger partial charge in [-0.3, -0.25) is 9.59 Å². The molecule has 0 aromatic carbocycles.